The van der Waals surface area contributed by atoms with Crippen LogP contribution < -0.4 is 0 Å². The molecule has 3 nitrogen and oxygen atoms in total. The van der Waals surface area contributed by atoms with Gasteiger partial charge in [-0.1, -0.05) is 35.6 Å². The molecule has 1 aliphatic carbocycles. The van der Waals surface area contributed by atoms with Gasteiger partial charge in [-0.3, -0.25) is 0 Å². The maximum Gasteiger partial charge on any atom is 0.243 e. The lowest BCUT2D eigenvalue weighted by atomic mass is 9.98. The first-order chi connectivity index (χ1) is 11.1. The Bertz CT molecular complexity index is 755. The van der Waals surface area contributed by atoms with Crippen LogP contribution in [0.4, 0.5) is 0 Å². The Kier molecular flexibility index (Phi) is 5.27. The van der Waals surface area contributed by atoms with Crippen LogP contribution in [0.5, 0.6) is 0 Å². The molecular weight excluding hydrogens is 318 g/mol. The van der Waals surface area contributed by atoms with Gasteiger partial charge in [0.2, 0.25) is 10.0 Å². The molecule has 0 N–H and O–H groups in total. The Morgan fingerprint density at radius 2 is 1.83 bits per heavy atom. The zero-order valence-electron chi connectivity index (χ0n) is 15.1. The third kappa shape index (κ3) is 4.72. The number of nitrogens with zero attached hydrogens (tertiary/aromatic N) is 1. The summed E-state index contributed by atoms with van der Waals surface area (Å²) in [6, 6.07) is 6.99. The van der Waals surface area contributed by atoms with Crippen molar-refractivity contribution in [2.75, 3.05) is 13.1 Å². The summed E-state index contributed by atoms with van der Waals surface area (Å²) >= 11 is 0. The van der Waals surface area contributed by atoms with Crippen LogP contribution in [0.25, 0.3) is 0 Å². The van der Waals surface area contributed by atoms with E-state index in [1.807, 2.05) is 45.9 Å². The second-order valence-electron chi connectivity index (χ2n) is 7.70. The van der Waals surface area contributed by atoms with Crippen molar-refractivity contribution in [2.45, 2.75) is 45.4 Å². The average Bonchev–Trinajstić information content (AvgIpc) is 3.26. The molecule has 0 amide bonds. The van der Waals surface area contributed by atoms with Gasteiger partial charge in [-0.15, -0.1) is 6.58 Å². The number of sulfonamides is 1. The minimum absolute atomic E-state index is 0.0822. The average molecular weight is 346 g/mol. The second-order valence-corrected chi connectivity index (χ2v) is 9.64. The van der Waals surface area contributed by atoms with Gasteiger partial charge >= 0.3 is 0 Å². The van der Waals surface area contributed by atoms with Crippen LogP contribution in [0.2, 0.25) is 0 Å². The lowest BCUT2D eigenvalue weighted by molar-refractivity contribution is 0.391. The molecule has 130 valence electrons. The van der Waals surface area contributed by atoms with Crippen molar-refractivity contribution in [2.24, 2.45) is 10.8 Å². The van der Waals surface area contributed by atoms with Gasteiger partial charge in [-0.2, -0.15) is 4.31 Å². The molecule has 0 atom stereocenters. The first-order valence-electron chi connectivity index (χ1n) is 8.28. The molecule has 0 bridgehead atoms. The number of hydrogen-bond donors (Lipinski definition) is 0. The van der Waals surface area contributed by atoms with Crippen LogP contribution in [0.15, 0.2) is 41.8 Å². The van der Waals surface area contributed by atoms with E-state index in [-0.39, 0.29) is 17.4 Å². The van der Waals surface area contributed by atoms with E-state index in [9.17, 15) is 8.42 Å². The van der Waals surface area contributed by atoms with E-state index in [0.29, 0.717) is 11.4 Å². The van der Waals surface area contributed by atoms with E-state index in [0.717, 1.165) is 18.4 Å². The number of rotatable bonds is 6. The number of hydrogen-bond acceptors (Lipinski definition) is 2. The van der Waals surface area contributed by atoms with Gasteiger partial charge in [0, 0.05) is 17.4 Å². The molecule has 24 heavy (non-hydrogen) atoms. The highest BCUT2D eigenvalue weighted by atomic mass is 32.2. The third-order valence-corrected chi connectivity index (χ3v) is 6.00. The van der Waals surface area contributed by atoms with Gasteiger partial charge in [0.15, 0.2) is 0 Å². The first kappa shape index (κ1) is 18.8. The summed E-state index contributed by atoms with van der Waals surface area (Å²) in [6.07, 6.45) is 3.87. The molecule has 1 aliphatic rings. The van der Waals surface area contributed by atoms with Gasteiger partial charge in [0.05, 0.1) is 11.4 Å². The molecule has 0 aromatic heterocycles. The number of aryl methyl sites for hydroxylation is 1. The molecule has 1 saturated carbocycles. The Morgan fingerprint density at radius 3 is 2.29 bits per heavy atom. The van der Waals surface area contributed by atoms with Crippen molar-refractivity contribution in [1.82, 2.24) is 4.31 Å². The third-order valence-electron chi connectivity index (χ3n) is 4.19. The molecule has 4 heteroatoms. The summed E-state index contributed by atoms with van der Waals surface area (Å²) in [7, 11) is -3.56. The molecule has 1 fully saturated rings. The quantitative estimate of drug-likeness (QED) is 0.577. The fourth-order valence-electron chi connectivity index (χ4n) is 2.42. The summed E-state index contributed by atoms with van der Waals surface area (Å²) in [6.45, 7) is 12.5. The van der Waals surface area contributed by atoms with E-state index in [2.05, 4.69) is 18.4 Å². The van der Waals surface area contributed by atoms with E-state index in [4.69, 9.17) is 0 Å². The van der Waals surface area contributed by atoms with Crippen LogP contribution in [0.1, 0.15) is 39.2 Å². The monoisotopic (exact) mass is 345 g/mol. The fourth-order valence-corrected chi connectivity index (χ4v) is 3.86. The molecule has 0 heterocycles. The van der Waals surface area contributed by atoms with E-state index in [1.54, 1.807) is 12.1 Å². The Balaban J connectivity index is 2.31. The van der Waals surface area contributed by atoms with E-state index < -0.39 is 10.0 Å². The van der Waals surface area contributed by atoms with Gasteiger partial charge < -0.3 is 0 Å². The Labute approximate surface area is 146 Å². The van der Waals surface area contributed by atoms with Crippen LogP contribution in [0, 0.1) is 29.6 Å². The van der Waals surface area contributed by atoms with Crippen LogP contribution in [-0.4, -0.2) is 25.8 Å². The van der Waals surface area contributed by atoms with E-state index >= 15 is 0 Å². The SMILES string of the molecule is C=CC1(CN(CC#CC(C)(C)C)S(=O)(=O)c2ccc(C)cc2)CC1. The minimum Gasteiger partial charge on any atom is -0.207 e. The highest BCUT2D eigenvalue weighted by Crippen LogP contribution is 2.47. The summed E-state index contributed by atoms with van der Waals surface area (Å²) in [5.74, 6) is 6.18. The molecule has 0 unspecified atom stereocenters. The number of benzene rings is 1. The smallest absolute Gasteiger partial charge is 0.207 e. The van der Waals surface area contributed by atoms with Crippen LogP contribution in [-0.2, 0) is 10.0 Å². The van der Waals surface area contributed by atoms with Gasteiger partial charge in [0.25, 0.3) is 0 Å². The van der Waals surface area contributed by atoms with Gasteiger partial charge in [0.1, 0.15) is 0 Å². The Morgan fingerprint density at radius 1 is 1.25 bits per heavy atom. The first-order valence-corrected chi connectivity index (χ1v) is 9.73. The van der Waals surface area contributed by atoms with Crippen molar-refractivity contribution in [3.05, 3.63) is 42.5 Å². The lowest BCUT2D eigenvalue weighted by Gasteiger charge is -2.24. The van der Waals surface area contributed by atoms with Gasteiger partial charge in [-0.25, -0.2) is 8.42 Å². The molecule has 0 spiro atoms. The van der Waals surface area contributed by atoms with Crippen LogP contribution in [0.3, 0.4) is 0 Å². The predicted octanol–water partition coefficient (Wildman–Crippen LogP) is 4.00. The van der Waals surface area contributed by atoms with Gasteiger partial charge in [-0.05, 0) is 52.7 Å². The Hall–Kier alpha value is -1.57. The van der Waals surface area contributed by atoms with Crippen molar-refractivity contribution in [1.29, 1.82) is 0 Å². The molecule has 0 saturated heterocycles. The predicted molar refractivity (Wildman–Crippen MR) is 99.0 cm³/mol. The normalized spacial score (nSPS) is 16.4. The molecule has 2 rings (SSSR count). The zero-order chi connectivity index (χ0) is 18.0. The molecule has 0 aliphatic heterocycles. The summed E-state index contributed by atoms with van der Waals surface area (Å²) in [4.78, 5) is 0.325. The largest absolute Gasteiger partial charge is 0.243 e. The lowest BCUT2D eigenvalue weighted by Crippen LogP contribution is -2.36. The van der Waals surface area contributed by atoms with Crippen molar-refractivity contribution in [3.8, 4) is 11.8 Å². The highest BCUT2D eigenvalue weighted by molar-refractivity contribution is 7.89. The molecule has 1 aromatic rings. The topological polar surface area (TPSA) is 37.4 Å². The highest BCUT2D eigenvalue weighted by Gasteiger charge is 2.43. The summed E-state index contributed by atoms with van der Waals surface area (Å²) < 4.78 is 27.6. The molecule has 1 aromatic carbocycles. The standard InChI is InChI=1S/C20H27NO2S/c1-6-20(13-14-20)16-21(15-7-12-19(3,4)5)24(22,23)18-10-8-17(2)9-11-18/h6,8-11H,1,13-16H2,2-5H3. The van der Waals surface area contributed by atoms with Crippen LogP contribution >= 0.6 is 0 Å². The summed E-state index contributed by atoms with van der Waals surface area (Å²) in [5, 5.41) is 0. The second kappa shape index (κ2) is 6.74. The molecule has 0 radical (unpaired) electrons. The maximum atomic E-state index is 13.0. The zero-order valence-corrected chi connectivity index (χ0v) is 15.9. The van der Waals surface area contributed by atoms with Crippen molar-refractivity contribution < 1.29 is 8.42 Å². The van der Waals surface area contributed by atoms with Crippen molar-refractivity contribution in [3.63, 3.8) is 0 Å². The maximum absolute atomic E-state index is 13.0. The minimum atomic E-state index is -3.56. The molecular formula is C20H27NO2S. The van der Waals surface area contributed by atoms with E-state index in [1.165, 1.54) is 4.31 Å². The van der Waals surface area contributed by atoms with Crippen molar-refractivity contribution >= 4 is 10.0 Å². The summed E-state index contributed by atoms with van der Waals surface area (Å²) in [5.41, 5.74) is 0.814. The fraction of sp³-hybridized carbons (Fsp3) is 0.500.